The summed E-state index contributed by atoms with van der Waals surface area (Å²) in [5.41, 5.74) is -0.525. The molecule has 0 aromatic rings. The van der Waals surface area contributed by atoms with Gasteiger partial charge in [-0.1, -0.05) is 0 Å². The number of amides is 1. The molecule has 1 aliphatic heterocycles. The monoisotopic (exact) mass is 279 g/mol. The fraction of sp³-hybridized carbons (Fsp3) is 0.909. The van der Waals surface area contributed by atoms with Crippen LogP contribution >= 0.6 is 0 Å². The maximum atomic E-state index is 11.7. The zero-order valence-corrected chi connectivity index (χ0v) is 11.9. The van der Waals surface area contributed by atoms with E-state index in [1.807, 2.05) is 0 Å². The van der Waals surface area contributed by atoms with Gasteiger partial charge in [-0.05, 0) is 39.5 Å². The van der Waals surface area contributed by atoms with Crippen molar-refractivity contribution in [1.29, 1.82) is 0 Å². The topological polar surface area (TPSA) is 83.9 Å². The quantitative estimate of drug-likeness (QED) is 0.775. The molecule has 1 heterocycles. The molecule has 0 unspecified atom stereocenters. The summed E-state index contributed by atoms with van der Waals surface area (Å²) < 4.78 is 35.5. The molecular weight excluding hydrogens is 258 g/mol. The minimum absolute atomic E-state index is 0.0845. The largest absolute Gasteiger partial charge is 0.444 e. The second-order valence-corrected chi connectivity index (χ2v) is 7.16. The van der Waals surface area contributed by atoms with Crippen LogP contribution in [0.2, 0.25) is 0 Å². The van der Waals surface area contributed by atoms with Gasteiger partial charge in [-0.2, -0.15) is 8.42 Å². The molecule has 1 saturated heterocycles. The predicted octanol–water partition coefficient (Wildman–Crippen LogP) is 1.52. The number of rotatable bonds is 2. The van der Waals surface area contributed by atoms with Crippen LogP contribution < -0.4 is 0 Å². The van der Waals surface area contributed by atoms with E-state index in [4.69, 9.17) is 9.29 Å². The molecule has 0 radical (unpaired) electrons. The van der Waals surface area contributed by atoms with Crippen molar-refractivity contribution in [3.05, 3.63) is 0 Å². The summed E-state index contributed by atoms with van der Waals surface area (Å²) in [4.78, 5) is 13.3. The Morgan fingerprint density at radius 2 is 1.83 bits per heavy atom. The molecule has 0 spiro atoms. The fourth-order valence-electron chi connectivity index (χ4n) is 1.91. The summed E-state index contributed by atoms with van der Waals surface area (Å²) in [5, 5.41) is 0. The van der Waals surface area contributed by atoms with E-state index in [1.165, 1.54) is 0 Å². The Hall–Kier alpha value is -0.820. The van der Waals surface area contributed by atoms with Crippen molar-refractivity contribution in [3.63, 3.8) is 0 Å². The predicted molar refractivity (Wildman–Crippen MR) is 66.9 cm³/mol. The number of carbonyl (C=O) groups is 1. The van der Waals surface area contributed by atoms with Gasteiger partial charge in [-0.3, -0.25) is 4.55 Å². The van der Waals surface area contributed by atoms with Crippen LogP contribution in [0.25, 0.3) is 0 Å². The van der Waals surface area contributed by atoms with Crippen LogP contribution in [0.1, 0.15) is 33.6 Å². The molecule has 1 aliphatic rings. The lowest BCUT2D eigenvalue weighted by Crippen LogP contribution is -2.42. The van der Waals surface area contributed by atoms with Crippen molar-refractivity contribution in [3.8, 4) is 0 Å². The molecule has 6 nitrogen and oxygen atoms in total. The molecule has 0 bridgehead atoms. The normalized spacial score (nSPS) is 18.8. The first-order chi connectivity index (χ1) is 8.07. The Balaban J connectivity index is 2.42. The molecule has 106 valence electrons. The highest BCUT2D eigenvalue weighted by molar-refractivity contribution is 7.85. The lowest BCUT2D eigenvalue weighted by atomic mass is 9.99. The van der Waals surface area contributed by atoms with Crippen LogP contribution in [0.15, 0.2) is 0 Å². The van der Waals surface area contributed by atoms with E-state index in [0.717, 1.165) is 0 Å². The first kappa shape index (κ1) is 15.2. The van der Waals surface area contributed by atoms with Crippen LogP contribution in [0.5, 0.6) is 0 Å². The van der Waals surface area contributed by atoms with Crippen LogP contribution in [-0.4, -0.2) is 48.4 Å². The molecule has 0 aromatic heterocycles. The van der Waals surface area contributed by atoms with Gasteiger partial charge >= 0.3 is 6.09 Å². The number of piperidine rings is 1. The summed E-state index contributed by atoms with van der Waals surface area (Å²) in [7, 11) is -3.92. The maximum Gasteiger partial charge on any atom is 0.410 e. The minimum Gasteiger partial charge on any atom is -0.444 e. The number of hydrogen-bond donors (Lipinski definition) is 1. The molecular formula is C11H21NO5S. The van der Waals surface area contributed by atoms with E-state index in [0.29, 0.717) is 25.9 Å². The lowest BCUT2D eigenvalue weighted by molar-refractivity contribution is 0.0191. The molecule has 0 aromatic carbocycles. The first-order valence-corrected chi connectivity index (χ1v) is 7.61. The molecule has 7 heteroatoms. The number of carbonyl (C=O) groups excluding carboxylic acids is 1. The van der Waals surface area contributed by atoms with E-state index in [1.54, 1.807) is 25.7 Å². The summed E-state index contributed by atoms with van der Waals surface area (Å²) >= 11 is 0. The molecule has 1 rings (SSSR count). The van der Waals surface area contributed by atoms with Gasteiger partial charge in [0.25, 0.3) is 10.1 Å². The summed E-state index contributed by atoms with van der Waals surface area (Å²) in [6, 6.07) is 0. The Kier molecular flexibility index (Phi) is 4.61. The van der Waals surface area contributed by atoms with Gasteiger partial charge in [0.05, 0.1) is 5.75 Å². The van der Waals surface area contributed by atoms with Gasteiger partial charge < -0.3 is 9.64 Å². The Morgan fingerprint density at radius 1 is 1.33 bits per heavy atom. The highest BCUT2D eigenvalue weighted by Crippen LogP contribution is 2.20. The third-order valence-electron chi connectivity index (χ3n) is 2.71. The number of likely N-dealkylation sites (tertiary alicyclic amines) is 1. The summed E-state index contributed by atoms with van der Waals surface area (Å²) in [6.07, 6.45) is 0.769. The van der Waals surface area contributed by atoms with Gasteiger partial charge in [-0.15, -0.1) is 0 Å². The van der Waals surface area contributed by atoms with Gasteiger partial charge in [0.2, 0.25) is 0 Å². The number of nitrogens with zero attached hydrogens (tertiary/aromatic N) is 1. The zero-order valence-electron chi connectivity index (χ0n) is 11.0. The van der Waals surface area contributed by atoms with Gasteiger partial charge in [-0.25, -0.2) is 4.79 Å². The molecule has 1 amide bonds. The van der Waals surface area contributed by atoms with Crippen molar-refractivity contribution in [2.45, 2.75) is 39.2 Å². The van der Waals surface area contributed by atoms with E-state index < -0.39 is 15.7 Å². The average Bonchev–Trinajstić information content (AvgIpc) is 2.13. The molecule has 1 fully saturated rings. The number of hydrogen-bond acceptors (Lipinski definition) is 4. The first-order valence-electron chi connectivity index (χ1n) is 6.00. The van der Waals surface area contributed by atoms with E-state index >= 15 is 0 Å². The van der Waals surface area contributed by atoms with E-state index in [-0.39, 0.29) is 17.8 Å². The van der Waals surface area contributed by atoms with Gasteiger partial charge in [0.15, 0.2) is 0 Å². The number of ether oxygens (including phenoxy) is 1. The second kappa shape index (κ2) is 5.44. The molecule has 0 atom stereocenters. The maximum absolute atomic E-state index is 11.7. The van der Waals surface area contributed by atoms with E-state index in [2.05, 4.69) is 0 Å². The van der Waals surface area contributed by atoms with Gasteiger partial charge in [0, 0.05) is 13.1 Å². The fourth-order valence-corrected chi connectivity index (χ4v) is 2.84. The minimum atomic E-state index is -3.92. The SMILES string of the molecule is CC(C)(C)OC(=O)N1CCC(CS(=O)(=O)O)CC1. The van der Waals surface area contributed by atoms with Crippen LogP contribution in [-0.2, 0) is 14.9 Å². The Labute approximate surface area is 108 Å². The molecule has 0 aliphatic carbocycles. The van der Waals surface area contributed by atoms with E-state index in [9.17, 15) is 13.2 Å². The standard InChI is InChI=1S/C11H21NO5S/c1-11(2,3)17-10(13)12-6-4-9(5-7-12)8-18(14,15)16/h9H,4-8H2,1-3H3,(H,14,15,16). The Morgan fingerprint density at radius 3 is 2.22 bits per heavy atom. The van der Waals surface area contributed by atoms with Crippen LogP contribution in [0, 0.1) is 5.92 Å². The third kappa shape index (κ3) is 5.68. The van der Waals surface area contributed by atoms with Crippen LogP contribution in [0.3, 0.4) is 0 Å². The molecule has 18 heavy (non-hydrogen) atoms. The Bertz CT molecular complexity index is 390. The molecule has 0 saturated carbocycles. The third-order valence-corrected chi connectivity index (χ3v) is 3.61. The van der Waals surface area contributed by atoms with Crippen molar-refractivity contribution in [1.82, 2.24) is 4.90 Å². The highest BCUT2D eigenvalue weighted by Gasteiger charge is 2.28. The average molecular weight is 279 g/mol. The summed E-state index contributed by atoms with van der Waals surface area (Å²) in [5.74, 6) is -0.312. The second-order valence-electron chi connectivity index (χ2n) is 5.66. The van der Waals surface area contributed by atoms with Crippen molar-refractivity contribution in [2.24, 2.45) is 5.92 Å². The van der Waals surface area contributed by atoms with Crippen molar-refractivity contribution < 1.29 is 22.5 Å². The van der Waals surface area contributed by atoms with Crippen molar-refractivity contribution in [2.75, 3.05) is 18.8 Å². The lowest BCUT2D eigenvalue weighted by Gasteiger charge is -2.33. The van der Waals surface area contributed by atoms with Gasteiger partial charge in [0.1, 0.15) is 5.60 Å². The summed E-state index contributed by atoms with van der Waals surface area (Å²) in [6.45, 7) is 6.34. The molecule has 1 N–H and O–H groups in total. The smallest absolute Gasteiger partial charge is 0.410 e. The van der Waals surface area contributed by atoms with Crippen LogP contribution in [0.4, 0.5) is 4.79 Å². The zero-order chi connectivity index (χ0) is 14.0. The highest BCUT2D eigenvalue weighted by atomic mass is 32.2. The van der Waals surface area contributed by atoms with Crippen molar-refractivity contribution >= 4 is 16.2 Å².